The van der Waals surface area contributed by atoms with Crippen LogP contribution in [0.1, 0.15) is 10.4 Å². The molecule has 0 radical (unpaired) electrons. The van der Waals surface area contributed by atoms with Crippen LogP contribution < -0.4 is 4.72 Å². The molecule has 1 saturated heterocycles. The summed E-state index contributed by atoms with van der Waals surface area (Å²) in [7, 11) is -2.10. The van der Waals surface area contributed by atoms with Crippen molar-refractivity contribution in [1.82, 2.24) is 13.9 Å². The van der Waals surface area contributed by atoms with E-state index in [1.54, 1.807) is 17.0 Å². The van der Waals surface area contributed by atoms with Crippen LogP contribution in [0.15, 0.2) is 36.4 Å². The van der Waals surface area contributed by atoms with Crippen molar-refractivity contribution in [1.29, 1.82) is 0 Å². The molecule has 1 aliphatic rings. The lowest BCUT2D eigenvalue weighted by Crippen LogP contribution is -2.52. The van der Waals surface area contributed by atoms with Crippen LogP contribution in [0.4, 0.5) is 0 Å². The summed E-state index contributed by atoms with van der Waals surface area (Å²) in [6.45, 7) is 1.11. The summed E-state index contributed by atoms with van der Waals surface area (Å²) in [4.78, 5) is 14.3. The fourth-order valence-corrected chi connectivity index (χ4v) is 3.76. The molecule has 0 spiro atoms. The molecule has 24 heavy (non-hydrogen) atoms. The topological polar surface area (TPSA) is 90.0 Å². The molecule has 128 valence electrons. The van der Waals surface area contributed by atoms with Crippen LogP contribution in [0.2, 0.25) is 0 Å². The number of phenolic OH excluding ortho intramolecular Hbond substituents is 1. The van der Waals surface area contributed by atoms with E-state index >= 15 is 0 Å². The van der Waals surface area contributed by atoms with Gasteiger partial charge in [-0.25, -0.2) is 4.72 Å². The standard InChI is InChI=1S/C16H19N3O4S/c1-17-24(22,23)19-8-6-18(7-9-19)16(21)13-10-12-4-2-3-5-14(12)15(20)11-13/h2-5,10-11,17,20H,6-9H2,1H3. The van der Waals surface area contributed by atoms with Gasteiger partial charge in [0.05, 0.1) is 0 Å². The van der Waals surface area contributed by atoms with Gasteiger partial charge >= 0.3 is 0 Å². The van der Waals surface area contributed by atoms with Crippen molar-refractivity contribution in [3.05, 3.63) is 42.0 Å². The van der Waals surface area contributed by atoms with Gasteiger partial charge in [-0.05, 0) is 17.5 Å². The zero-order valence-electron chi connectivity index (χ0n) is 13.3. The van der Waals surface area contributed by atoms with E-state index in [0.29, 0.717) is 24.0 Å². The summed E-state index contributed by atoms with van der Waals surface area (Å²) in [5.41, 5.74) is 0.399. The third kappa shape index (κ3) is 3.08. The second-order valence-electron chi connectivity index (χ2n) is 5.62. The molecule has 2 N–H and O–H groups in total. The largest absolute Gasteiger partial charge is 0.507 e. The van der Waals surface area contributed by atoms with Gasteiger partial charge in [0, 0.05) is 44.2 Å². The van der Waals surface area contributed by atoms with E-state index in [9.17, 15) is 18.3 Å². The Morgan fingerprint density at radius 2 is 1.79 bits per heavy atom. The molecule has 1 fully saturated rings. The summed E-state index contributed by atoms with van der Waals surface area (Å²) in [6, 6.07) is 10.5. The Morgan fingerprint density at radius 1 is 1.12 bits per heavy atom. The van der Waals surface area contributed by atoms with E-state index in [2.05, 4.69) is 4.72 Å². The average molecular weight is 349 g/mol. The number of aromatic hydroxyl groups is 1. The minimum absolute atomic E-state index is 0.0628. The van der Waals surface area contributed by atoms with Crippen molar-refractivity contribution in [3.63, 3.8) is 0 Å². The molecule has 0 atom stereocenters. The predicted molar refractivity (Wildman–Crippen MR) is 91.1 cm³/mol. The van der Waals surface area contributed by atoms with Crippen LogP contribution >= 0.6 is 0 Å². The molecule has 8 heteroatoms. The zero-order chi connectivity index (χ0) is 17.3. The minimum atomic E-state index is -3.47. The van der Waals surface area contributed by atoms with Crippen LogP contribution in [0.3, 0.4) is 0 Å². The fourth-order valence-electron chi connectivity index (χ4n) is 2.86. The molecule has 1 heterocycles. The molecule has 0 unspecified atom stereocenters. The number of carbonyl (C=O) groups excluding carboxylic acids is 1. The summed E-state index contributed by atoms with van der Waals surface area (Å²) in [6.07, 6.45) is 0. The molecule has 2 aromatic rings. The maximum Gasteiger partial charge on any atom is 0.279 e. The van der Waals surface area contributed by atoms with Crippen molar-refractivity contribution in [2.75, 3.05) is 33.2 Å². The predicted octanol–water partition coefficient (Wildman–Crippen LogP) is 0.767. The molecule has 0 bridgehead atoms. The normalized spacial score (nSPS) is 16.5. The van der Waals surface area contributed by atoms with Gasteiger partial charge in [-0.15, -0.1) is 0 Å². The number of fused-ring (bicyclic) bond motifs is 1. The first-order valence-corrected chi connectivity index (χ1v) is 9.06. The Bertz CT molecular complexity index is 874. The maximum absolute atomic E-state index is 12.7. The second-order valence-corrected chi connectivity index (χ2v) is 7.49. The lowest BCUT2D eigenvalue weighted by molar-refractivity contribution is 0.0697. The second kappa shape index (κ2) is 6.39. The first-order valence-electron chi connectivity index (χ1n) is 7.62. The van der Waals surface area contributed by atoms with Gasteiger partial charge in [0.25, 0.3) is 16.1 Å². The van der Waals surface area contributed by atoms with Gasteiger partial charge in [0.15, 0.2) is 0 Å². The molecule has 0 aliphatic carbocycles. The highest BCUT2D eigenvalue weighted by Crippen LogP contribution is 2.27. The number of hydrogen-bond donors (Lipinski definition) is 2. The molecular formula is C16H19N3O4S. The Kier molecular flexibility index (Phi) is 4.44. The van der Waals surface area contributed by atoms with Gasteiger partial charge in [-0.2, -0.15) is 12.7 Å². The molecule has 1 aliphatic heterocycles. The summed E-state index contributed by atoms with van der Waals surface area (Å²) >= 11 is 0. The Labute approximate surface area is 140 Å². The number of rotatable bonds is 3. The first kappa shape index (κ1) is 16.7. The maximum atomic E-state index is 12.7. The molecule has 2 aromatic carbocycles. The Hall–Kier alpha value is -2.16. The highest BCUT2D eigenvalue weighted by atomic mass is 32.2. The van der Waals surface area contributed by atoms with E-state index in [4.69, 9.17) is 0 Å². The number of nitrogens with one attached hydrogen (secondary N) is 1. The monoisotopic (exact) mass is 349 g/mol. The van der Waals surface area contributed by atoms with E-state index in [1.165, 1.54) is 17.4 Å². The molecule has 7 nitrogen and oxygen atoms in total. The number of piperazine rings is 1. The van der Waals surface area contributed by atoms with Crippen LogP contribution in [-0.4, -0.2) is 61.9 Å². The van der Waals surface area contributed by atoms with Crippen LogP contribution in [0, 0.1) is 0 Å². The molecule has 0 saturated carbocycles. The first-order chi connectivity index (χ1) is 11.4. The van der Waals surface area contributed by atoms with Gasteiger partial charge < -0.3 is 10.0 Å². The van der Waals surface area contributed by atoms with E-state index in [0.717, 1.165) is 5.39 Å². The lowest BCUT2D eigenvalue weighted by Gasteiger charge is -2.33. The van der Waals surface area contributed by atoms with Crippen molar-refractivity contribution in [2.24, 2.45) is 0 Å². The third-order valence-electron chi connectivity index (χ3n) is 4.21. The minimum Gasteiger partial charge on any atom is -0.507 e. The average Bonchev–Trinajstić information content (AvgIpc) is 2.61. The van der Waals surface area contributed by atoms with Crippen LogP contribution in [-0.2, 0) is 10.2 Å². The quantitative estimate of drug-likeness (QED) is 0.856. The van der Waals surface area contributed by atoms with Crippen molar-refractivity contribution in [2.45, 2.75) is 0 Å². The molecular weight excluding hydrogens is 330 g/mol. The van der Waals surface area contributed by atoms with Gasteiger partial charge in [0.1, 0.15) is 5.75 Å². The van der Waals surface area contributed by atoms with Crippen molar-refractivity contribution >= 4 is 26.9 Å². The lowest BCUT2D eigenvalue weighted by atomic mass is 10.0. The number of nitrogens with zero attached hydrogens (tertiary/aromatic N) is 2. The van der Waals surface area contributed by atoms with E-state index < -0.39 is 10.2 Å². The van der Waals surface area contributed by atoms with Gasteiger partial charge in [-0.3, -0.25) is 4.79 Å². The third-order valence-corrected chi connectivity index (χ3v) is 5.77. The van der Waals surface area contributed by atoms with Crippen molar-refractivity contribution in [3.8, 4) is 5.75 Å². The number of phenols is 1. The highest BCUT2D eigenvalue weighted by molar-refractivity contribution is 7.87. The van der Waals surface area contributed by atoms with E-state index in [-0.39, 0.29) is 24.7 Å². The molecule has 0 aromatic heterocycles. The van der Waals surface area contributed by atoms with Gasteiger partial charge in [-0.1, -0.05) is 24.3 Å². The number of hydrogen-bond acceptors (Lipinski definition) is 4. The van der Waals surface area contributed by atoms with Gasteiger partial charge in [0.2, 0.25) is 0 Å². The zero-order valence-corrected chi connectivity index (χ0v) is 14.1. The van der Waals surface area contributed by atoms with Crippen molar-refractivity contribution < 1.29 is 18.3 Å². The summed E-state index contributed by atoms with van der Waals surface area (Å²) < 4.78 is 27.1. The SMILES string of the molecule is CNS(=O)(=O)N1CCN(C(=O)c2cc(O)c3ccccc3c2)CC1. The number of benzene rings is 2. The summed E-state index contributed by atoms with van der Waals surface area (Å²) in [5, 5.41) is 11.6. The summed E-state index contributed by atoms with van der Waals surface area (Å²) in [5.74, 6) is -0.148. The Balaban J connectivity index is 1.79. The number of carbonyl (C=O) groups is 1. The smallest absolute Gasteiger partial charge is 0.279 e. The number of amides is 1. The highest BCUT2D eigenvalue weighted by Gasteiger charge is 2.28. The van der Waals surface area contributed by atoms with Crippen LogP contribution in [0.25, 0.3) is 10.8 Å². The van der Waals surface area contributed by atoms with E-state index in [1.807, 2.05) is 18.2 Å². The van der Waals surface area contributed by atoms with Crippen LogP contribution in [0.5, 0.6) is 5.75 Å². The fraction of sp³-hybridized carbons (Fsp3) is 0.312. The molecule has 1 amide bonds. The molecule has 3 rings (SSSR count). The Morgan fingerprint density at radius 3 is 2.46 bits per heavy atom.